The van der Waals surface area contributed by atoms with Crippen LogP contribution in [0.3, 0.4) is 0 Å². The van der Waals surface area contributed by atoms with Crippen molar-refractivity contribution in [3.05, 3.63) is 0 Å². The van der Waals surface area contributed by atoms with Gasteiger partial charge in [-0.25, -0.2) is 0 Å². The smallest absolute Gasteiger partial charge is 0.0594 e. The molecule has 1 aliphatic rings. The Morgan fingerprint density at radius 2 is 1.10 bits per heavy atom. The lowest BCUT2D eigenvalue weighted by Crippen LogP contribution is -2.36. The quantitative estimate of drug-likeness (QED) is 0.419. The highest BCUT2D eigenvalue weighted by Gasteiger charge is 2.08. The average molecular weight is 320 g/mol. The van der Waals surface area contributed by atoms with E-state index in [-0.39, 0.29) is 12.4 Å². The maximum atomic E-state index is 5.37. The van der Waals surface area contributed by atoms with Crippen molar-refractivity contribution in [3.8, 4) is 0 Å². The van der Waals surface area contributed by atoms with E-state index in [9.17, 15) is 0 Å². The van der Waals surface area contributed by atoms with E-state index in [2.05, 4.69) is 11.8 Å². The number of ether oxygens (including phenoxy) is 1. The first kappa shape index (κ1) is 21.2. The average Bonchev–Trinajstić information content (AvgIpc) is 2.49. The molecule has 0 radical (unpaired) electrons. The molecule has 3 heteroatoms. The van der Waals surface area contributed by atoms with Gasteiger partial charge in [-0.15, -0.1) is 12.4 Å². The van der Waals surface area contributed by atoms with E-state index in [0.717, 1.165) is 26.3 Å². The molecule has 0 spiro atoms. The molecular weight excluding hydrogens is 282 g/mol. The molecule has 1 rings (SSSR count). The summed E-state index contributed by atoms with van der Waals surface area (Å²) >= 11 is 0. The first-order chi connectivity index (χ1) is 9.93. The first-order valence-corrected chi connectivity index (χ1v) is 9.23. The summed E-state index contributed by atoms with van der Waals surface area (Å²) in [7, 11) is 0. The Kier molecular flexibility index (Phi) is 16.7. The Bertz CT molecular complexity index is 196. The van der Waals surface area contributed by atoms with E-state index >= 15 is 0 Å². The van der Waals surface area contributed by atoms with Crippen LogP contribution in [-0.4, -0.2) is 37.7 Å². The van der Waals surface area contributed by atoms with Gasteiger partial charge in [-0.3, -0.25) is 4.90 Å². The second-order valence-electron chi connectivity index (χ2n) is 6.34. The van der Waals surface area contributed by atoms with Gasteiger partial charge in [0.1, 0.15) is 0 Å². The van der Waals surface area contributed by atoms with Crippen LogP contribution in [0.2, 0.25) is 0 Å². The molecule has 21 heavy (non-hydrogen) atoms. The summed E-state index contributed by atoms with van der Waals surface area (Å²) < 4.78 is 5.37. The standard InChI is InChI=1S/C18H37NO.ClH/c1-2-3-4-5-6-7-8-9-10-11-12-13-14-19-15-17-20-18-16-19;/h2-18H2,1H3;1H. The molecule has 0 aromatic heterocycles. The molecule has 0 saturated carbocycles. The maximum Gasteiger partial charge on any atom is 0.0594 e. The van der Waals surface area contributed by atoms with Crippen molar-refractivity contribution in [1.82, 2.24) is 4.90 Å². The second kappa shape index (κ2) is 16.6. The molecule has 0 unspecified atom stereocenters. The van der Waals surface area contributed by atoms with Crippen LogP contribution < -0.4 is 0 Å². The highest BCUT2D eigenvalue weighted by atomic mass is 35.5. The lowest BCUT2D eigenvalue weighted by Gasteiger charge is -2.26. The summed E-state index contributed by atoms with van der Waals surface area (Å²) in [4.78, 5) is 2.56. The molecule has 0 aromatic rings. The molecule has 0 N–H and O–H groups in total. The molecule has 1 fully saturated rings. The second-order valence-corrected chi connectivity index (χ2v) is 6.34. The third-order valence-corrected chi connectivity index (χ3v) is 4.43. The molecule has 128 valence electrons. The Labute approximate surface area is 139 Å². The number of hydrogen-bond donors (Lipinski definition) is 0. The molecule has 2 nitrogen and oxygen atoms in total. The Balaban J connectivity index is 0.00000400. The summed E-state index contributed by atoms with van der Waals surface area (Å²) in [5.41, 5.74) is 0. The fourth-order valence-electron chi connectivity index (χ4n) is 3.00. The Hall–Kier alpha value is 0.210. The van der Waals surface area contributed by atoms with Crippen molar-refractivity contribution in [3.63, 3.8) is 0 Å². The van der Waals surface area contributed by atoms with Crippen LogP contribution in [0.4, 0.5) is 0 Å². The van der Waals surface area contributed by atoms with Crippen LogP contribution in [0.25, 0.3) is 0 Å². The number of halogens is 1. The van der Waals surface area contributed by atoms with Gasteiger partial charge in [-0.2, -0.15) is 0 Å². The molecule has 0 aliphatic carbocycles. The molecule has 0 amide bonds. The number of nitrogens with zero attached hydrogens (tertiary/aromatic N) is 1. The van der Waals surface area contributed by atoms with E-state index in [1.807, 2.05) is 0 Å². The predicted molar refractivity (Wildman–Crippen MR) is 95.6 cm³/mol. The zero-order valence-electron chi connectivity index (χ0n) is 14.3. The van der Waals surface area contributed by atoms with Crippen LogP contribution in [0.1, 0.15) is 84.0 Å². The molecule has 0 bridgehead atoms. The highest BCUT2D eigenvalue weighted by molar-refractivity contribution is 5.85. The minimum Gasteiger partial charge on any atom is -0.379 e. The monoisotopic (exact) mass is 319 g/mol. The third kappa shape index (κ3) is 13.6. The molecule has 1 aliphatic heterocycles. The lowest BCUT2D eigenvalue weighted by molar-refractivity contribution is 0.0371. The van der Waals surface area contributed by atoms with Gasteiger partial charge in [-0.05, 0) is 13.0 Å². The minimum atomic E-state index is 0. The van der Waals surface area contributed by atoms with Crippen LogP contribution in [0, 0.1) is 0 Å². The van der Waals surface area contributed by atoms with Crippen LogP contribution >= 0.6 is 12.4 Å². The number of morpholine rings is 1. The topological polar surface area (TPSA) is 12.5 Å². The minimum absolute atomic E-state index is 0. The van der Waals surface area contributed by atoms with Crippen molar-refractivity contribution in [2.45, 2.75) is 84.0 Å². The lowest BCUT2D eigenvalue weighted by atomic mass is 10.1. The van der Waals surface area contributed by atoms with E-state index < -0.39 is 0 Å². The predicted octanol–water partition coefficient (Wildman–Crippen LogP) is 5.44. The van der Waals surface area contributed by atoms with Gasteiger partial charge in [0.25, 0.3) is 0 Å². The van der Waals surface area contributed by atoms with Gasteiger partial charge in [0.15, 0.2) is 0 Å². The normalized spacial score (nSPS) is 15.9. The van der Waals surface area contributed by atoms with Gasteiger partial charge in [0.2, 0.25) is 0 Å². The van der Waals surface area contributed by atoms with E-state index in [1.165, 1.54) is 83.6 Å². The maximum absolute atomic E-state index is 5.37. The van der Waals surface area contributed by atoms with Gasteiger partial charge in [0, 0.05) is 13.1 Å². The van der Waals surface area contributed by atoms with Crippen LogP contribution in [0.5, 0.6) is 0 Å². The van der Waals surface area contributed by atoms with Crippen LogP contribution in [0.15, 0.2) is 0 Å². The van der Waals surface area contributed by atoms with Gasteiger partial charge < -0.3 is 4.74 Å². The Morgan fingerprint density at radius 1 is 0.667 bits per heavy atom. The third-order valence-electron chi connectivity index (χ3n) is 4.43. The molecule has 0 aromatic carbocycles. The largest absolute Gasteiger partial charge is 0.379 e. The fourth-order valence-corrected chi connectivity index (χ4v) is 3.00. The number of rotatable bonds is 13. The van der Waals surface area contributed by atoms with E-state index in [0.29, 0.717) is 0 Å². The van der Waals surface area contributed by atoms with Gasteiger partial charge >= 0.3 is 0 Å². The summed E-state index contributed by atoms with van der Waals surface area (Å²) in [5, 5.41) is 0. The highest BCUT2D eigenvalue weighted by Crippen LogP contribution is 2.12. The summed E-state index contributed by atoms with van der Waals surface area (Å²) in [6.07, 6.45) is 17.3. The van der Waals surface area contributed by atoms with Crippen molar-refractivity contribution < 1.29 is 4.74 Å². The number of unbranched alkanes of at least 4 members (excludes halogenated alkanes) is 11. The first-order valence-electron chi connectivity index (χ1n) is 9.23. The molecule has 1 saturated heterocycles. The van der Waals surface area contributed by atoms with Crippen molar-refractivity contribution in [2.24, 2.45) is 0 Å². The van der Waals surface area contributed by atoms with Crippen molar-refractivity contribution in [1.29, 1.82) is 0 Å². The van der Waals surface area contributed by atoms with Gasteiger partial charge in [0.05, 0.1) is 13.2 Å². The molecular formula is C18H38ClNO. The number of hydrogen-bond acceptors (Lipinski definition) is 2. The van der Waals surface area contributed by atoms with E-state index in [1.54, 1.807) is 0 Å². The Morgan fingerprint density at radius 3 is 1.57 bits per heavy atom. The zero-order valence-corrected chi connectivity index (χ0v) is 15.1. The van der Waals surface area contributed by atoms with Crippen molar-refractivity contribution in [2.75, 3.05) is 32.8 Å². The molecule has 1 heterocycles. The summed E-state index contributed by atoms with van der Waals surface area (Å²) in [6, 6.07) is 0. The SMILES string of the molecule is CCCCCCCCCCCCCCN1CCOCC1.Cl. The molecule has 0 atom stereocenters. The van der Waals surface area contributed by atoms with Gasteiger partial charge in [-0.1, -0.05) is 77.6 Å². The van der Waals surface area contributed by atoms with E-state index in [4.69, 9.17) is 4.74 Å². The van der Waals surface area contributed by atoms with Crippen molar-refractivity contribution >= 4 is 12.4 Å². The fraction of sp³-hybridized carbons (Fsp3) is 1.00. The summed E-state index contributed by atoms with van der Waals surface area (Å²) in [6.45, 7) is 7.77. The van der Waals surface area contributed by atoms with Crippen LogP contribution in [-0.2, 0) is 4.74 Å². The summed E-state index contributed by atoms with van der Waals surface area (Å²) in [5.74, 6) is 0. The zero-order chi connectivity index (χ0) is 14.3.